The van der Waals surface area contributed by atoms with E-state index in [2.05, 4.69) is 85.0 Å². The first kappa shape index (κ1) is 29.8. The summed E-state index contributed by atoms with van der Waals surface area (Å²) in [5.41, 5.74) is 8.22. The molecule has 1 N–H and O–H groups in total. The molecule has 2 heterocycles. The quantitative estimate of drug-likeness (QED) is 0.163. The number of allylic oxidation sites excluding steroid dienone is 4. The highest BCUT2D eigenvalue weighted by atomic mass is 16.5. The smallest absolute Gasteiger partial charge is 0.335 e. The van der Waals surface area contributed by atoms with Crippen molar-refractivity contribution in [2.75, 3.05) is 19.0 Å². The van der Waals surface area contributed by atoms with Crippen molar-refractivity contribution in [3.8, 4) is 5.75 Å². The van der Waals surface area contributed by atoms with Gasteiger partial charge in [0.05, 0.1) is 11.0 Å². The lowest BCUT2D eigenvalue weighted by molar-refractivity contribution is -0.401. The zero-order valence-electron chi connectivity index (χ0n) is 26.0. The largest absolute Gasteiger partial charge is 0.478 e. The molecule has 2 aliphatic rings. The summed E-state index contributed by atoms with van der Waals surface area (Å²) in [6, 6.07) is 32.0. The molecule has 2 atom stereocenters. The van der Waals surface area contributed by atoms with Crippen LogP contribution in [0.2, 0.25) is 0 Å². The van der Waals surface area contributed by atoms with Crippen molar-refractivity contribution in [1.82, 2.24) is 0 Å². The second kappa shape index (κ2) is 11.7. The molecule has 2 unspecified atom stereocenters. The fourth-order valence-corrected chi connectivity index (χ4v) is 7.26. The summed E-state index contributed by atoms with van der Waals surface area (Å²) in [7, 11) is 4.13. The highest BCUT2D eigenvalue weighted by molar-refractivity contribution is 6.04. The Balaban J connectivity index is 1.44. The molecule has 0 amide bonds. The maximum Gasteiger partial charge on any atom is 0.335 e. The second-order valence-corrected chi connectivity index (χ2v) is 12.3. The Morgan fingerprint density at radius 1 is 0.867 bits per heavy atom. The average molecular weight is 598 g/mol. The van der Waals surface area contributed by atoms with Crippen LogP contribution in [-0.4, -0.2) is 41.9 Å². The van der Waals surface area contributed by atoms with Crippen molar-refractivity contribution in [1.29, 1.82) is 0 Å². The van der Waals surface area contributed by atoms with Gasteiger partial charge in [-0.05, 0) is 79.8 Å². The topological polar surface area (TPSA) is 69.8 Å². The van der Waals surface area contributed by atoms with E-state index in [1.165, 1.54) is 11.1 Å². The molecule has 0 spiro atoms. The number of hydrogen-bond donors (Lipinski definition) is 1. The Bertz CT molecular complexity index is 1880. The van der Waals surface area contributed by atoms with Crippen LogP contribution in [-0.2, 0) is 28.5 Å². The van der Waals surface area contributed by atoms with Gasteiger partial charge in [0.25, 0.3) is 6.47 Å². The van der Waals surface area contributed by atoms with Crippen LogP contribution in [0, 0.1) is 0 Å². The summed E-state index contributed by atoms with van der Waals surface area (Å²) in [6.45, 7) is 4.91. The van der Waals surface area contributed by atoms with Crippen LogP contribution < -0.4 is 9.64 Å². The van der Waals surface area contributed by atoms with E-state index < -0.39 is 16.8 Å². The highest BCUT2D eigenvalue weighted by Gasteiger charge is 2.47. The number of carboxylic acids is 1. The van der Waals surface area contributed by atoms with Gasteiger partial charge in [-0.1, -0.05) is 66.7 Å². The number of carbonyl (C=O) groups is 2. The fourth-order valence-electron chi connectivity index (χ4n) is 7.26. The molecule has 6 heteroatoms. The fraction of sp³-hybridized carbons (Fsp3) is 0.205. The van der Waals surface area contributed by atoms with Crippen LogP contribution >= 0.6 is 0 Å². The Morgan fingerprint density at radius 2 is 1.51 bits per heavy atom. The molecular formula is C39H37N2O4+. The molecule has 0 saturated carbocycles. The maximum absolute atomic E-state index is 12.0. The van der Waals surface area contributed by atoms with Crippen LogP contribution in [0.5, 0.6) is 5.75 Å². The Kier molecular flexibility index (Phi) is 7.75. The van der Waals surface area contributed by atoms with Gasteiger partial charge in [-0.3, -0.25) is 4.79 Å². The molecule has 0 aromatic heterocycles. The summed E-state index contributed by atoms with van der Waals surface area (Å²) in [4.78, 5) is 25.3. The van der Waals surface area contributed by atoms with Crippen molar-refractivity contribution in [3.63, 3.8) is 0 Å². The van der Waals surface area contributed by atoms with E-state index in [1.54, 1.807) is 6.07 Å². The van der Waals surface area contributed by atoms with Crippen molar-refractivity contribution in [3.05, 3.63) is 149 Å². The monoisotopic (exact) mass is 597 g/mol. The minimum atomic E-state index is -0.931. The number of rotatable bonds is 9. The number of carboxylic acid groups (broad SMARTS) is 1. The Labute approximate surface area is 264 Å². The van der Waals surface area contributed by atoms with Crippen LogP contribution in [0.25, 0.3) is 0 Å². The number of benzene rings is 4. The number of likely N-dealkylation sites (N-methyl/N-ethyl adjacent to an activating group) is 1. The van der Waals surface area contributed by atoms with Crippen molar-refractivity contribution >= 4 is 29.5 Å². The summed E-state index contributed by atoms with van der Waals surface area (Å²) in [6.07, 6.45) is 7.95. The number of hydrogen-bond acceptors (Lipinski definition) is 4. The van der Waals surface area contributed by atoms with Gasteiger partial charge in [0.2, 0.25) is 5.69 Å². The van der Waals surface area contributed by atoms with E-state index in [-0.39, 0.29) is 5.56 Å². The number of carbonyl (C=O) groups excluding carboxylic acids is 1. The van der Waals surface area contributed by atoms with Crippen LogP contribution in [0.15, 0.2) is 121 Å². The van der Waals surface area contributed by atoms with Gasteiger partial charge in [0.15, 0.2) is 5.71 Å². The van der Waals surface area contributed by atoms with E-state index in [0.717, 1.165) is 46.8 Å². The molecule has 0 radical (unpaired) electrons. The summed E-state index contributed by atoms with van der Waals surface area (Å²) in [5.74, 6) is -0.411. The standard InChI is InChI=1S/C39H36N2O4/c1-38(24-27-12-7-5-8-13-27)31-22-29(37(43)44)18-20-33(31)40(3)35(38)16-11-17-36-39(2,25-28-14-9-6-10-15-28)32-23-30(45-26-42)19-21-34(32)41(36)4/h5-23,26H,24-25H2,1-4H3/p+1. The van der Waals surface area contributed by atoms with Gasteiger partial charge >= 0.3 is 5.97 Å². The Morgan fingerprint density at radius 3 is 2.13 bits per heavy atom. The van der Waals surface area contributed by atoms with Crippen molar-refractivity contribution < 1.29 is 24.0 Å². The minimum absolute atomic E-state index is 0.286. The predicted octanol–water partition coefficient (Wildman–Crippen LogP) is 7.24. The molecule has 6 rings (SSSR count). The highest BCUT2D eigenvalue weighted by Crippen LogP contribution is 2.49. The minimum Gasteiger partial charge on any atom is -0.478 e. The molecule has 0 fully saturated rings. The summed E-state index contributed by atoms with van der Waals surface area (Å²) < 4.78 is 7.47. The first-order valence-electron chi connectivity index (χ1n) is 15.1. The molecule has 0 saturated heterocycles. The lowest BCUT2D eigenvalue weighted by Gasteiger charge is -2.29. The zero-order chi connectivity index (χ0) is 31.8. The predicted molar refractivity (Wildman–Crippen MR) is 178 cm³/mol. The number of ether oxygens (including phenoxy) is 1. The number of fused-ring (bicyclic) bond motifs is 2. The van der Waals surface area contributed by atoms with E-state index in [4.69, 9.17) is 4.74 Å². The SMILES string of the molecule is CN1/C(=C\C=C\C2=[N+](C)c3ccc(OC=O)cc3C2(C)Cc2ccccc2)C(C)(Cc2ccccc2)c2cc(C(=O)O)ccc21. The molecule has 4 aromatic carbocycles. The molecule has 0 bridgehead atoms. The maximum atomic E-state index is 12.0. The van der Waals surface area contributed by atoms with Gasteiger partial charge in [0.1, 0.15) is 12.8 Å². The summed E-state index contributed by atoms with van der Waals surface area (Å²) in [5, 5.41) is 9.80. The molecule has 6 nitrogen and oxygen atoms in total. The van der Waals surface area contributed by atoms with Crippen molar-refractivity contribution in [2.45, 2.75) is 37.5 Å². The van der Waals surface area contributed by atoms with Gasteiger partial charge in [-0.15, -0.1) is 0 Å². The number of anilines is 1. The van der Waals surface area contributed by atoms with Gasteiger partial charge in [-0.2, -0.15) is 4.58 Å². The molecular weight excluding hydrogens is 560 g/mol. The van der Waals surface area contributed by atoms with Gasteiger partial charge in [-0.25, -0.2) is 4.79 Å². The van der Waals surface area contributed by atoms with Crippen LogP contribution in [0.3, 0.4) is 0 Å². The van der Waals surface area contributed by atoms with Gasteiger partial charge < -0.3 is 14.7 Å². The lowest BCUT2D eigenvalue weighted by Crippen LogP contribution is -2.33. The van der Waals surface area contributed by atoms with Crippen LogP contribution in [0.1, 0.15) is 46.5 Å². The van der Waals surface area contributed by atoms with Crippen LogP contribution in [0.4, 0.5) is 11.4 Å². The third-order valence-corrected chi connectivity index (χ3v) is 9.47. The first-order valence-corrected chi connectivity index (χ1v) is 15.1. The molecule has 45 heavy (non-hydrogen) atoms. The van der Waals surface area contributed by atoms with E-state index in [0.29, 0.717) is 12.2 Å². The zero-order valence-corrected chi connectivity index (χ0v) is 26.0. The summed E-state index contributed by atoms with van der Waals surface area (Å²) >= 11 is 0. The normalized spacial score (nSPS) is 21.3. The average Bonchev–Trinajstić information content (AvgIpc) is 3.37. The number of aromatic carboxylic acids is 1. The number of nitrogens with zero attached hydrogens (tertiary/aromatic N) is 2. The third kappa shape index (κ3) is 5.27. The molecule has 4 aromatic rings. The van der Waals surface area contributed by atoms with E-state index in [9.17, 15) is 14.7 Å². The van der Waals surface area contributed by atoms with E-state index in [1.807, 2.05) is 61.6 Å². The second-order valence-electron chi connectivity index (χ2n) is 12.3. The lowest BCUT2D eigenvalue weighted by atomic mass is 9.74. The van der Waals surface area contributed by atoms with E-state index >= 15 is 0 Å². The third-order valence-electron chi connectivity index (χ3n) is 9.47. The first-order chi connectivity index (χ1) is 21.7. The van der Waals surface area contributed by atoms with Gasteiger partial charge in [0, 0.05) is 41.6 Å². The van der Waals surface area contributed by atoms with Crippen molar-refractivity contribution in [2.24, 2.45) is 0 Å². The molecule has 2 aliphatic heterocycles. The Hall–Kier alpha value is -5.23. The molecule has 0 aliphatic carbocycles. The molecule has 226 valence electrons.